The van der Waals surface area contributed by atoms with Crippen molar-refractivity contribution in [3.05, 3.63) is 64.8 Å². The van der Waals surface area contributed by atoms with Crippen LogP contribution in [-0.2, 0) is 0 Å². The fourth-order valence-corrected chi connectivity index (χ4v) is 2.53. The largest absolute Gasteiger partial charge is 0.491 e. The molecule has 2 aromatic carbocycles. The molecular formula is C20H22ClNO4. The Morgan fingerprint density at radius 3 is 2.65 bits per heavy atom. The van der Waals surface area contributed by atoms with E-state index in [9.17, 15) is 9.90 Å². The van der Waals surface area contributed by atoms with Gasteiger partial charge in [-0.3, -0.25) is 4.79 Å². The van der Waals surface area contributed by atoms with Gasteiger partial charge in [0.1, 0.15) is 29.8 Å². The number of nitrogens with one attached hydrogen (secondary N) is 1. The van der Waals surface area contributed by atoms with Crippen LogP contribution in [-0.4, -0.2) is 30.9 Å². The van der Waals surface area contributed by atoms with Crippen LogP contribution >= 0.6 is 12.4 Å². The molecule has 5 nitrogen and oxygen atoms in total. The topological polar surface area (TPSA) is 71.7 Å². The van der Waals surface area contributed by atoms with E-state index in [0.29, 0.717) is 29.0 Å². The van der Waals surface area contributed by atoms with Gasteiger partial charge in [-0.2, -0.15) is 0 Å². The number of ether oxygens (including phenoxy) is 1. The summed E-state index contributed by atoms with van der Waals surface area (Å²) in [6.07, 6.45) is -0.599. The first-order valence-corrected chi connectivity index (χ1v) is 8.32. The minimum atomic E-state index is -0.599. The third-order valence-electron chi connectivity index (χ3n) is 3.83. The first-order valence-electron chi connectivity index (χ1n) is 8.32. The zero-order valence-corrected chi connectivity index (χ0v) is 15.3. The lowest BCUT2D eigenvalue weighted by Crippen LogP contribution is -2.31. The predicted molar refractivity (Wildman–Crippen MR) is 105 cm³/mol. The summed E-state index contributed by atoms with van der Waals surface area (Å²) in [4.78, 5) is 12.3. The molecule has 0 saturated heterocycles. The van der Waals surface area contributed by atoms with Gasteiger partial charge >= 0.3 is 0 Å². The summed E-state index contributed by atoms with van der Waals surface area (Å²) >= 11 is 0. The SMILES string of the molecule is CCNCC(O)COc1ccc2c(=O)cc(-c3ccccc3)oc2c1.Cl. The minimum Gasteiger partial charge on any atom is -0.491 e. The van der Waals surface area contributed by atoms with E-state index < -0.39 is 6.10 Å². The van der Waals surface area contributed by atoms with E-state index in [-0.39, 0.29) is 24.4 Å². The summed E-state index contributed by atoms with van der Waals surface area (Å²) in [5.41, 5.74) is 1.21. The molecule has 26 heavy (non-hydrogen) atoms. The molecule has 0 aliphatic rings. The molecule has 1 unspecified atom stereocenters. The van der Waals surface area contributed by atoms with E-state index in [1.165, 1.54) is 6.07 Å². The Labute approximate surface area is 158 Å². The lowest BCUT2D eigenvalue weighted by atomic mass is 10.1. The van der Waals surface area contributed by atoms with Crippen LogP contribution in [0.2, 0.25) is 0 Å². The Morgan fingerprint density at radius 2 is 1.92 bits per heavy atom. The van der Waals surface area contributed by atoms with Crippen LogP contribution in [0.25, 0.3) is 22.3 Å². The first kappa shape index (κ1) is 20.0. The molecule has 0 amide bonds. The van der Waals surface area contributed by atoms with E-state index in [2.05, 4.69) is 5.32 Å². The van der Waals surface area contributed by atoms with Crippen LogP contribution in [0.4, 0.5) is 0 Å². The van der Waals surface area contributed by atoms with Crippen molar-refractivity contribution >= 4 is 23.4 Å². The summed E-state index contributed by atoms with van der Waals surface area (Å²) in [7, 11) is 0. The number of likely N-dealkylation sites (N-methyl/N-ethyl adjacent to an activating group) is 1. The second-order valence-electron chi connectivity index (χ2n) is 5.77. The quantitative estimate of drug-likeness (QED) is 0.663. The maximum atomic E-state index is 12.3. The molecule has 3 rings (SSSR count). The summed E-state index contributed by atoms with van der Waals surface area (Å²) in [6, 6.07) is 16.1. The summed E-state index contributed by atoms with van der Waals surface area (Å²) in [5.74, 6) is 1.07. The van der Waals surface area contributed by atoms with Crippen LogP contribution in [0.3, 0.4) is 0 Å². The van der Waals surface area contributed by atoms with Gasteiger partial charge in [0.05, 0.1) is 5.39 Å². The van der Waals surface area contributed by atoms with Gasteiger partial charge in [-0.25, -0.2) is 0 Å². The Hall–Kier alpha value is -2.34. The van der Waals surface area contributed by atoms with Gasteiger partial charge in [0.2, 0.25) is 0 Å². The highest BCUT2D eigenvalue weighted by Crippen LogP contribution is 2.24. The highest BCUT2D eigenvalue weighted by molar-refractivity contribution is 5.85. The zero-order valence-electron chi connectivity index (χ0n) is 14.5. The fourth-order valence-electron chi connectivity index (χ4n) is 2.53. The number of rotatable bonds is 7. The standard InChI is InChI=1S/C20H21NO4.ClH/c1-2-21-12-15(22)13-24-16-8-9-17-18(23)11-19(25-20(17)10-16)14-6-4-3-5-7-14;/h3-11,15,21-22H,2,12-13H2,1H3;1H. The summed E-state index contributed by atoms with van der Waals surface area (Å²) in [5, 5.41) is 13.4. The van der Waals surface area contributed by atoms with Gasteiger partial charge in [0, 0.05) is 24.2 Å². The molecule has 138 valence electrons. The van der Waals surface area contributed by atoms with Crippen molar-refractivity contribution in [1.82, 2.24) is 5.32 Å². The van der Waals surface area contributed by atoms with Crippen molar-refractivity contribution in [1.29, 1.82) is 0 Å². The number of hydrogen-bond donors (Lipinski definition) is 2. The molecule has 0 bridgehead atoms. The molecule has 0 saturated carbocycles. The Bertz CT molecular complexity index is 895. The van der Waals surface area contributed by atoms with Crippen molar-refractivity contribution < 1.29 is 14.3 Å². The molecule has 0 fully saturated rings. The molecule has 0 aliphatic carbocycles. The van der Waals surface area contributed by atoms with Crippen molar-refractivity contribution in [3.8, 4) is 17.1 Å². The Kier molecular flexibility index (Phi) is 7.21. The van der Waals surface area contributed by atoms with E-state index in [1.807, 2.05) is 37.3 Å². The molecule has 0 radical (unpaired) electrons. The molecule has 1 atom stereocenters. The van der Waals surface area contributed by atoms with Gasteiger partial charge in [0.25, 0.3) is 0 Å². The first-order chi connectivity index (χ1) is 12.2. The Balaban J connectivity index is 0.00000243. The smallest absolute Gasteiger partial charge is 0.193 e. The molecule has 1 aromatic heterocycles. The molecule has 3 aromatic rings. The second-order valence-corrected chi connectivity index (χ2v) is 5.77. The molecule has 2 N–H and O–H groups in total. The number of fused-ring (bicyclic) bond motifs is 1. The fraction of sp³-hybridized carbons (Fsp3) is 0.250. The normalized spacial score (nSPS) is 11.8. The van der Waals surface area contributed by atoms with Crippen LogP contribution in [0.1, 0.15) is 6.92 Å². The van der Waals surface area contributed by atoms with Gasteiger partial charge in [-0.05, 0) is 18.7 Å². The highest BCUT2D eigenvalue weighted by Gasteiger charge is 2.09. The second kappa shape index (κ2) is 9.38. The van der Waals surface area contributed by atoms with Crippen molar-refractivity contribution in [3.63, 3.8) is 0 Å². The van der Waals surface area contributed by atoms with Crippen LogP contribution in [0.15, 0.2) is 63.8 Å². The number of hydrogen-bond acceptors (Lipinski definition) is 5. The van der Waals surface area contributed by atoms with E-state index in [4.69, 9.17) is 9.15 Å². The van der Waals surface area contributed by atoms with E-state index in [0.717, 1.165) is 12.1 Å². The predicted octanol–water partition coefficient (Wildman–Crippen LogP) is 3.23. The van der Waals surface area contributed by atoms with Crippen LogP contribution < -0.4 is 15.5 Å². The number of aliphatic hydroxyl groups excluding tert-OH is 1. The summed E-state index contributed by atoms with van der Waals surface area (Å²) < 4.78 is 11.5. The van der Waals surface area contributed by atoms with Gasteiger partial charge in [-0.1, -0.05) is 37.3 Å². The highest BCUT2D eigenvalue weighted by atomic mass is 35.5. The molecule has 1 heterocycles. The lowest BCUT2D eigenvalue weighted by molar-refractivity contribution is 0.107. The number of aliphatic hydroxyl groups is 1. The zero-order chi connectivity index (χ0) is 17.6. The molecular weight excluding hydrogens is 354 g/mol. The molecule has 0 spiro atoms. The minimum absolute atomic E-state index is 0. The maximum Gasteiger partial charge on any atom is 0.193 e. The molecule has 6 heteroatoms. The third kappa shape index (κ3) is 4.85. The lowest BCUT2D eigenvalue weighted by Gasteiger charge is -2.13. The number of halogens is 1. The average Bonchev–Trinajstić information content (AvgIpc) is 2.65. The van der Waals surface area contributed by atoms with E-state index >= 15 is 0 Å². The number of benzene rings is 2. The maximum absolute atomic E-state index is 12.3. The van der Waals surface area contributed by atoms with Crippen LogP contribution in [0.5, 0.6) is 5.75 Å². The van der Waals surface area contributed by atoms with Crippen molar-refractivity contribution in [2.45, 2.75) is 13.0 Å². The average molecular weight is 376 g/mol. The molecule has 0 aliphatic heterocycles. The van der Waals surface area contributed by atoms with Crippen molar-refractivity contribution in [2.75, 3.05) is 19.7 Å². The van der Waals surface area contributed by atoms with Gasteiger partial charge in [-0.15, -0.1) is 12.4 Å². The van der Waals surface area contributed by atoms with Gasteiger partial charge in [0.15, 0.2) is 5.43 Å². The summed E-state index contributed by atoms with van der Waals surface area (Å²) in [6.45, 7) is 3.40. The van der Waals surface area contributed by atoms with Crippen molar-refractivity contribution in [2.24, 2.45) is 0 Å². The third-order valence-corrected chi connectivity index (χ3v) is 3.83. The van der Waals surface area contributed by atoms with Gasteiger partial charge < -0.3 is 19.6 Å². The monoisotopic (exact) mass is 375 g/mol. The Morgan fingerprint density at radius 1 is 1.15 bits per heavy atom. The van der Waals surface area contributed by atoms with E-state index in [1.54, 1.807) is 18.2 Å². The van der Waals surface area contributed by atoms with Crippen LogP contribution in [0, 0.1) is 0 Å².